The van der Waals surface area contributed by atoms with E-state index in [1.807, 2.05) is 6.92 Å². The molecule has 0 spiro atoms. The number of aliphatic hydroxyl groups is 1. The van der Waals surface area contributed by atoms with Crippen LogP contribution in [0.2, 0.25) is 5.02 Å². The highest BCUT2D eigenvalue weighted by Crippen LogP contribution is 2.33. The average Bonchev–Trinajstić information content (AvgIpc) is 3.23. The van der Waals surface area contributed by atoms with E-state index in [1.54, 1.807) is 10.4 Å². The number of hydrogen-bond acceptors (Lipinski definition) is 3. The van der Waals surface area contributed by atoms with Crippen LogP contribution in [0.1, 0.15) is 38.2 Å². The highest BCUT2D eigenvalue weighted by molar-refractivity contribution is 7.89. The third-order valence-corrected chi connectivity index (χ3v) is 5.79. The van der Waals surface area contributed by atoms with Crippen LogP contribution in [0.3, 0.4) is 0 Å². The fourth-order valence-electron chi connectivity index (χ4n) is 2.13. The fourth-order valence-corrected chi connectivity index (χ4v) is 4.18. The lowest BCUT2D eigenvalue weighted by molar-refractivity contribution is 0.282. The summed E-state index contributed by atoms with van der Waals surface area (Å²) in [4.78, 5) is 0.211. The van der Waals surface area contributed by atoms with Crippen molar-refractivity contribution in [3.63, 3.8) is 0 Å². The molecule has 0 atom stereocenters. The van der Waals surface area contributed by atoms with Gasteiger partial charge < -0.3 is 5.11 Å². The SMILES string of the molecule is CCCCN(C1CC1)S(=O)(=O)c1ccc(CO)c(Cl)c1. The quantitative estimate of drug-likeness (QED) is 0.841. The minimum atomic E-state index is -3.49. The second kappa shape index (κ2) is 6.43. The van der Waals surface area contributed by atoms with Gasteiger partial charge in [-0.25, -0.2) is 8.42 Å². The zero-order chi connectivity index (χ0) is 14.8. The Bertz CT molecular complexity index is 570. The summed E-state index contributed by atoms with van der Waals surface area (Å²) in [6.45, 7) is 2.41. The molecule has 4 nitrogen and oxygen atoms in total. The average molecular weight is 318 g/mol. The van der Waals surface area contributed by atoms with Crippen LogP contribution in [0, 0.1) is 0 Å². The third kappa shape index (κ3) is 3.34. The number of benzene rings is 1. The van der Waals surface area contributed by atoms with Gasteiger partial charge in [-0.2, -0.15) is 4.31 Å². The standard InChI is InChI=1S/C14H20ClNO3S/c1-2-3-8-16(12-5-6-12)20(18,19)13-7-4-11(10-17)14(15)9-13/h4,7,9,12,17H,2-3,5-6,8,10H2,1H3. The van der Waals surface area contributed by atoms with E-state index in [0.29, 0.717) is 17.1 Å². The van der Waals surface area contributed by atoms with Crippen molar-refractivity contribution in [2.24, 2.45) is 0 Å². The molecular weight excluding hydrogens is 298 g/mol. The van der Waals surface area contributed by atoms with Gasteiger partial charge in [0.1, 0.15) is 0 Å². The van der Waals surface area contributed by atoms with Crippen LogP contribution in [0.5, 0.6) is 0 Å². The van der Waals surface area contributed by atoms with Crippen LogP contribution < -0.4 is 0 Å². The first-order valence-corrected chi connectivity index (χ1v) is 8.73. The van der Waals surface area contributed by atoms with Crippen LogP contribution in [-0.2, 0) is 16.6 Å². The molecule has 1 fully saturated rings. The van der Waals surface area contributed by atoms with E-state index in [9.17, 15) is 8.42 Å². The van der Waals surface area contributed by atoms with Gasteiger partial charge >= 0.3 is 0 Å². The van der Waals surface area contributed by atoms with Gasteiger partial charge in [0.25, 0.3) is 0 Å². The van der Waals surface area contributed by atoms with Crippen molar-refractivity contribution >= 4 is 21.6 Å². The summed E-state index contributed by atoms with van der Waals surface area (Å²) in [6, 6.07) is 4.67. The minimum absolute atomic E-state index is 0.142. The highest BCUT2D eigenvalue weighted by atomic mass is 35.5. The molecule has 0 unspecified atom stereocenters. The lowest BCUT2D eigenvalue weighted by atomic mass is 10.2. The van der Waals surface area contributed by atoms with E-state index in [0.717, 1.165) is 25.7 Å². The van der Waals surface area contributed by atoms with Crippen LogP contribution in [0.4, 0.5) is 0 Å². The van der Waals surface area contributed by atoms with Gasteiger partial charge in [-0.1, -0.05) is 31.0 Å². The number of rotatable bonds is 7. The topological polar surface area (TPSA) is 57.6 Å². The van der Waals surface area contributed by atoms with Gasteiger partial charge in [-0.15, -0.1) is 0 Å². The summed E-state index contributed by atoms with van der Waals surface area (Å²) in [5, 5.41) is 9.38. The molecular formula is C14H20ClNO3S. The summed E-state index contributed by atoms with van der Waals surface area (Å²) < 4.78 is 27.0. The maximum Gasteiger partial charge on any atom is 0.243 e. The van der Waals surface area contributed by atoms with Crippen LogP contribution in [0.25, 0.3) is 0 Å². The van der Waals surface area contributed by atoms with Crippen LogP contribution in [0.15, 0.2) is 23.1 Å². The van der Waals surface area contributed by atoms with Crippen LogP contribution in [-0.4, -0.2) is 30.4 Å². The number of hydrogen-bond donors (Lipinski definition) is 1. The van der Waals surface area contributed by atoms with Gasteiger partial charge in [0.2, 0.25) is 10.0 Å². The third-order valence-electron chi connectivity index (χ3n) is 3.49. The molecule has 6 heteroatoms. The molecule has 0 heterocycles. The molecule has 0 aliphatic heterocycles. The summed E-state index contributed by atoms with van der Waals surface area (Å²) in [6.07, 6.45) is 3.69. The van der Waals surface area contributed by atoms with Gasteiger partial charge in [0.15, 0.2) is 0 Å². The molecule has 2 rings (SSSR count). The maximum atomic E-state index is 12.7. The molecule has 1 aliphatic carbocycles. The number of halogens is 1. The minimum Gasteiger partial charge on any atom is -0.392 e. The second-order valence-electron chi connectivity index (χ2n) is 5.11. The van der Waals surface area contributed by atoms with E-state index in [-0.39, 0.29) is 17.5 Å². The van der Waals surface area contributed by atoms with E-state index in [2.05, 4.69) is 0 Å². The highest BCUT2D eigenvalue weighted by Gasteiger charge is 2.37. The summed E-state index contributed by atoms with van der Waals surface area (Å²) in [5.74, 6) is 0. The molecule has 1 aromatic rings. The monoisotopic (exact) mass is 317 g/mol. The van der Waals surface area contributed by atoms with Gasteiger partial charge in [-0.3, -0.25) is 0 Å². The Balaban J connectivity index is 2.29. The van der Waals surface area contributed by atoms with Crippen molar-refractivity contribution in [1.29, 1.82) is 0 Å². The number of sulfonamides is 1. The predicted octanol–water partition coefficient (Wildman–Crippen LogP) is 2.79. The Hall–Kier alpha value is -0.620. The molecule has 112 valence electrons. The summed E-state index contributed by atoms with van der Waals surface area (Å²) in [5.41, 5.74) is 0.539. The van der Waals surface area contributed by atoms with E-state index in [1.165, 1.54) is 12.1 Å². The largest absolute Gasteiger partial charge is 0.392 e. The molecule has 1 N–H and O–H groups in total. The first-order chi connectivity index (χ1) is 9.50. The lowest BCUT2D eigenvalue weighted by Crippen LogP contribution is -2.34. The first-order valence-electron chi connectivity index (χ1n) is 6.91. The van der Waals surface area contributed by atoms with Crippen molar-refractivity contribution in [2.45, 2.75) is 50.2 Å². The number of nitrogens with zero attached hydrogens (tertiary/aromatic N) is 1. The molecule has 1 saturated carbocycles. The smallest absolute Gasteiger partial charge is 0.243 e. The van der Waals surface area contributed by atoms with Crippen molar-refractivity contribution < 1.29 is 13.5 Å². The summed E-state index contributed by atoms with van der Waals surface area (Å²) in [7, 11) is -3.49. The molecule has 1 aromatic carbocycles. The van der Waals surface area contributed by atoms with E-state index < -0.39 is 10.0 Å². The van der Waals surface area contributed by atoms with E-state index >= 15 is 0 Å². The Morgan fingerprint density at radius 3 is 2.60 bits per heavy atom. The molecule has 0 aromatic heterocycles. The van der Waals surface area contributed by atoms with E-state index in [4.69, 9.17) is 16.7 Å². The Morgan fingerprint density at radius 1 is 1.40 bits per heavy atom. The molecule has 0 radical (unpaired) electrons. The second-order valence-corrected chi connectivity index (χ2v) is 7.41. The number of aliphatic hydroxyl groups excluding tert-OH is 1. The summed E-state index contributed by atoms with van der Waals surface area (Å²) >= 11 is 6.00. The van der Waals surface area contributed by atoms with Crippen molar-refractivity contribution in [2.75, 3.05) is 6.54 Å². The molecule has 0 saturated heterocycles. The normalized spacial score (nSPS) is 15.8. The molecule has 0 amide bonds. The zero-order valence-electron chi connectivity index (χ0n) is 11.5. The van der Waals surface area contributed by atoms with Gasteiger partial charge in [0, 0.05) is 17.6 Å². The fraction of sp³-hybridized carbons (Fsp3) is 0.571. The van der Waals surface area contributed by atoms with Crippen LogP contribution >= 0.6 is 11.6 Å². The first kappa shape index (κ1) is 15.8. The van der Waals surface area contributed by atoms with Crippen molar-refractivity contribution in [1.82, 2.24) is 4.31 Å². The Labute approximate surface area is 125 Å². The molecule has 0 bridgehead atoms. The predicted molar refractivity (Wildman–Crippen MR) is 79.2 cm³/mol. The van der Waals surface area contributed by atoms with Gasteiger partial charge in [0.05, 0.1) is 11.5 Å². The van der Waals surface area contributed by atoms with Crippen molar-refractivity contribution in [3.8, 4) is 0 Å². The maximum absolute atomic E-state index is 12.7. The number of unbranched alkanes of at least 4 members (excludes halogenated alkanes) is 1. The van der Waals surface area contributed by atoms with Gasteiger partial charge in [-0.05, 0) is 37.0 Å². The molecule has 1 aliphatic rings. The lowest BCUT2D eigenvalue weighted by Gasteiger charge is -2.22. The Kier molecular flexibility index (Phi) is 5.07. The van der Waals surface area contributed by atoms with Crippen molar-refractivity contribution in [3.05, 3.63) is 28.8 Å². The Morgan fingerprint density at radius 2 is 2.10 bits per heavy atom. The zero-order valence-corrected chi connectivity index (χ0v) is 13.1. The molecule has 20 heavy (non-hydrogen) atoms.